The highest BCUT2D eigenvalue weighted by Gasteiger charge is 2.16. The minimum absolute atomic E-state index is 0.0838. The van der Waals surface area contributed by atoms with Gasteiger partial charge in [0, 0.05) is 29.1 Å². The molecule has 40 heavy (non-hydrogen) atoms. The Morgan fingerprint density at radius 1 is 0.825 bits per heavy atom. The second-order valence-corrected chi connectivity index (χ2v) is 10.2. The molecule has 0 aromatic heterocycles. The first-order valence-electron chi connectivity index (χ1n) is 13.1. The zero-order chi connectivity index (χ0) is 28.5. The number of Topliss-reactive ketones (excluding diaryl/α,β-unsaturated/α-hetero) is 1. The van der Waals surface area contributed by atoms with Crippen LogP contribution in [0.25, 0.3) is 6.08 Å². The lowest BCUT2D eigenvalue weighted by atomic mass is 9.93. The molecule has 0 bridgehead atoms. The lowest BCUT2D eigenvalue weighted by molar-refractivity contribution is -0.118. The van der Waals surface area contributed by atoms with Gasteiger partial charge in [0.15, 0.2) is 0 Å². The van der Waals surface area contributed by atoms with Crippen LogP contribution in [0, 0.1) is 6.92 Å². The van der Waals surface area contributed by atoms with E-state index < -0.39 is 11.8 Å². The normalized spacial score (nSPS) is 11.9. The van der Waals surface area contributed by atoms with E-state index in [9.17, 15) is 14.4 Å². The second kappa shape index (κ2) is 13.5. The first-order valence-corrected chi connectivity index (χ1v) is 13.5. The number of hydrogen-bond donors (Lipinski definition) is 2. The molecule has 0 aliphatic heterocycles. The predicted octanol–water partition coefficient (Wildman–Crippen LogP) is 7.36. The van der Waals surface area contributed by atoms with Gasteiger partial charge in [0.1, 0.15) is 11.5 Å². The maximum absolute atomic E-state index is 13.2. The van der Waals surface area contributed by atoms with Crippen molar-refractivity contribution >= 4 is 41.0 Å². The van der Waals surface area contributed by atoms with E-state index in [1.54, 1.807) is 66.7 Å². The van der Waals surface area contributed by atoms with Crippen molar-refractivity contribution in [2.24, 2.45) is 0 Å². The molecule has 1 atom stereocenters. The van der Waals surface area contributed by atoms with E-state index in [0.717, 1.165) is 11.1 Å². The van der Waals surface area contributed by atoms with Gasteiger partial charge in [-0.3, -0.25) is 14.4 Å². The molecule has 2 N–H and O–H groups in total. The Morgan fingerprint density at radius 2 is 1.48 bits per heavy atom. The zero-order valence-corrected chi connectivity index (χ0v) is 23.2. The minimum Gasteiger partial charge on any atom is -0.321 e. The first-order chi connectivity index (χ1) is 19.3. The van der Waals surface area contributed by atoms with Crippen molar-refractivity contribution < 1.29 is 14.4 Å². The summed E-state index contributed by atoms with van der Waals surface area (Å²) >= 11 is 5.99. The van der Waals surface area contributed by atoms with Crippen LogP contribution < -0.4 is 10.6 Å². The van der Waals surface area contributed by atoms with Crippen LogP contribution in [0.5, 0.6) is 0 Å². The summed E-state index contributed by atoms with van der Waals surface area (Å²) < 4.78 is 0. The maximum atomic E-state index is 13.2. The third kappa shape index (κ3) is 8.26. The van der Waals surface area contributed by atoms with E-state index in [1.165, 1.54) is 5.56 Å². The van der Waals surface area contributed by atoms with Gasteiger partial charge in [0.2, 0.25) is 0 Å². The van der Waals surface area contributed by atoms with E-state index in [4.69, 9.17) is 11.6 Å². The van der Waals surface area contributed by atoms with Gasteiger partial charge < -0.3 is 10.6 Å². The first kappa shape index (κ1) is 28.5. The smallest absolute Gasteiger partial charge is 0.272 e. The number of amides is 2. The Labute approximate surface area is 239 Å². The van der Waals surface area contributed by atoms with Gasteiger partial charge in [-0.2, -0.15) is 0 Å². The van der Waals surface area contributed by atoms with Crippen LogP contribution in [-0.2, 0) is 16.0 Å². The highest BCUT2D eigenvalue weighted by atomic mass is 35.5. The van der Waals surface area contributed by atoms with Crippen LogP contribution in [0.15, 0.2) is 109 Å². The van der Waals surface area contributed by atoms with E-state index in [-0.39, 0.29) is 17.4 Å². The number of carbonyl (C=O) groups is 3. The summed E-state index contributed by atoms with van der Waals surface area (Å²) in [5.41, 5.74) is 4.98. The maximum Gasteiger partial charge on any atom is 0.272 e. The number of benzene rings is 4. The van der Waals surface area contributed by atoms with Gasteiger partial charge in [-0.15, -0.1) is 0 Å². The quantitative estimate of drug-likeness (QED) is 0.202. The number of ketones is 1. The summed E-state index contributed by atoms with van der Waals surface area (Å²) in [6.45, 7) is 4.11. The van der Waals surface area contributed by atoms with Crippen LogP contribution >= 0.6 is 11.6 Å². The van der Waals surface area contributed by atoms with Gasteiger partial charge in [0.05, 0.1) is 0 Å². The zero-order valence-electron chi connectivity index (χ0n) is 22.5. The summed E-state index contributed by atoms with van der Waals surface area (Å²) in [4.78, 5) is 38.7. The molecule has 0 saturated carbocycles. The van der Waals surface area contributed by atoms with Gasteiger partial charge in [-0.25, -0.2) is 0 Å². The van der Waals surface area contributed by atoms with Crippen molar-refractivity contribution in [2.45, 2.75) is 32.6 Å². The van der Waals surface area contributed by atoms with Gasteiger partial charge >= 0.3 is 0 Å². The molecule has 0 spiro atoms. The van der Waals surface area contributed by atoms with Crippen molar-refractivity contribution in [1.82, 2.24) is 5.32 Å². The fourth-order valence-electron chi connectivity index (χ4n) is 4.23. The lowest BCUT2D eigenvalue weighted by Crippen LogP contribution is -2.30. The van der Waals surface area contributed by atoms with Crippen molar-refractivity contribution in [2.75, 3.05) is 5.32 Å². The molecule has 0 fully saturated rings. The van der Waals surface area contributed by atoms with Crippen LogP contribution in [-0.4, -0.2) is 17.6 Å². The lowest BCUT2D eigenvalue weighted by Gasteiger charge is -2.13. The molecule has 0 aliphatic carbocycles. The SMILES string of the molecule is Cc1ccc(C(C)CC(=O)Cc2ccc(NC(=O)/C(=C/c3ccc(Cl)cc3)NC(=O)c3ccccc3)cc2)cc1. The van der Waals surface area contributed by atoms with Crippen molar-refractivity contribution in [3.63, 3.8) is 0 Å². The number of carbonyl (C=O) groups excluding carboxylic acids is 3. The van der Waals surface area contributed by atoms with Crippen LogP contribution in [0.4, 0.5) is 5.69 Å². The molecule has 0 saturated heterocycles. The summed E-state index contributed by atoms with van der Waals surface area (Å²) in [7, 11) is 0. The van der Waals surface area contributed by atoms with E-state index >= 15 is 0 Å². The molecular weight excluding hydrogens is 520 g/mol. The van der Waals surface area contributed by atoms with Crippen LogP contribution in [0.2, 0.25) is 5.02 Å². The molecule has 2 amide bonds. The number of anilines is 1. The highest BCUT2D eigenvalue weighted by molar-refractivity contribution is 6.30. The molecule has 0 heterocycles. The van der Waals surface area contributed by atoms with Crippen LogP contribution in [0.1, 0.15) is 51.9 Å². The summed E-state index contributed by atoms with van der Waals surface area (Å²) in [5.74, 6) is -0.579. The Kier molecular flexibility index (Phi) is 9.66. The van der Waals surface area contributed by atoms with Gasteiger partial charge in [-0.05, 0) is 72.0 Å². The summed E-state index contributed by atoms with van der Waals surface area (Å²) in [6.07, 6.45) is 2.37. The third-order valence-corrected chi connectivity index (χ3v) is 6.76. The Balaban J connectivity index is 1.41. The summed E-state index contributed by atoms with van der Waals surface area (Å²) in [6, 6.07) is 31.1. The fraction of sp³-hybridized carbons (Fsp3) is 0.147. The monoisotopic (exact) mass is 550 g/mol. The van der Waals surface area contributed by atoms with E-state index in [0.29, 0.717) is 34.7 Å². The van der Waals surface area contributed by atoms with Gasteiger partial charge in [-0.1, -0.05) is 90.8 Å². The Morgan fingerprint density at radius 3 is 2.12 bits per heavy atom. The molecule has 0 aliphatic rings. The molecule has 4 rings (SSSR count). The number of aryl methyl sites for hydroxylation is 1. The number of hydrogen-bond acceptors (Lipinski definition) is 3. The highest BCUT2D eigenvalue weighted by Crippen LogP contribution is 2.21. The molecular formula is C34H31ClN2O3. The average molecular weight is 551 g/mol. The molecule has 6 heteroatoms. The van der Waals surface area contributed by atoms with Gasteiger partial charge in [0.25, 0.3) is 11.8 Å². The molecule has 0 radical (unpaired) electrons. The van der Waals surface area contributed by atoms with Crippen LogP contribution in [0.3, 0.4) is 0 Å². The Hall–Kier alpha value is -4.48. The fourth-order valence-corrected chi connectivity index (χ4v) is 4.35. The van der Waals surface area contributed by atoms with Crippen molar-refractivity contribution in [1.29, 1.82) is 0 Å². The standard InChI is InChI=1S/C34H31ClN2O3/c1-23-8-14-27(15-9-23)24(2)20-31(38)21-25-12-18-30(19-13-25)36-34(40)32(22-26-10-16-29(35)17-11-26)37-33(39)28-6-4-3-5-7-28/h3-19,22,24H,20-21H2,1-2H3,(H,36,40)(H,37,39)/b32-22-. The topological polar surface area (TPSA) is 75.3 Å². The molecule has 1 unspecified atom stereocenters. The minimum atomic E-state index is -0.477. The largest absolute Gasteiger partial charge is 0.321 e. The number of rotatable bonds is 10. The third-order valence-electron chi connectivity index (χ3n) is 6.50. The number of halogens is 1. The molecule has 5 nitrogen and oxygen atoms in total. The molecule has 4 aromatic carbocycles. The molecule has 202 valence electrons. The van der Waals surface area contributed by atoms with Crippen molar-refractivity contribution in [3.8, 4) is 0 Å². The summed E-state index contributed by atoms with van der Waals surface area (Å²) in [5, 5.41) is 6.13. The van der Waals surface area contributed by atoms with E-state index in [2.05, 4.69) is 41.8 Å². The molecule has 4 aromatic rings. The Bertz CT molecular complexity index is 1490. The predicted molar refractivity (Wildman–Crippen MR) is 161 cm³/mol. The second-order valence-electron chi connectivity index (χ2n) is 9.81. The van der Waals surface area contributed by atoms with Crippen molar-refractivity contribution in [3.05, 3.63) is 142 Å². The number of nitrogens with one attached hydrogen (secondary N) is 2. The average Bonchev–Trinajstić information content (AvgIpc) is 2.95. The van der Waals surface area contributed by atoms with E-state index in [1.807, 2.05) is 25.1 Å².